The number of carbonyl (C=O) groups is 1. The molecule has 8 N–H and O–H groups in total. The number of carboxylic acids is 1. The highest BCUT2D eigenvalue weighted by atomic mass is 16.7. The molecule has 0 bridgehead atoms. The second-order valence-corrected chi connectivity index (χ2v) is 7.61. The molecule has 0 radical (unpaired) electrons. The molecular weight excluding hydrogens is 424 g/mol. The molecule has 0 aliphatic carbocycles. The van der Waals surface area contributed by atoms with Crippen LogP contribution in [0.15, 0.2) is 0 Å². The maximum absolute atomic E-state index is 11.4. The number of unbranched alkanes of at least 4 members (excludes halogenated alkanes) is 1. The zero-order valence-electron chi connectivity index (χ0n) is 17.0. The first-order chi connectivity index (χ1) is 14.7. The Bertz CT molecular complexity index is 559. The van der Waals surface area contributed by atoms with Crippen molar-refractivity contribution in [1.82, 2.24) is 0 Å². The third-order valence-corrected chi connectivity index (χ3v) is 5.35. The van der Waals surface area contributed by atoms with Gasteiger partial charge in [-0.1, -0.05) is 19.8 Å². The van der Waals surface area contributed by atoms with Crippen LogP contribution in [0.3, 0.4) is 0 Å². The second-order valence-electron chi connectivity index (χ2n) is 7.61. The Balaban J connectivity index is 2.10. The molecule has 2 heterocycles. The van der Waals surface area contributed by atoms with E-state index in [1.807, 2.05) is 6.92 Å². The van der Waals surface area contributed by atoms with Gasteiger partial charge in [-0.3, -0.25) is 0 Å². The molecule has 2 saturated heterocycles. The SMILES string of the molecule is CCCCC(OC1O[C@H](CO)[C@@H](O[C@@H]2O[C@H](CO)[C@H](O)[C@H](O)[C@H]2O)[C@H](O)[C@H]1O)C(=O)O. The van der Waals surface area contributed by atoms with Crippen LogP contribution in [0.5, 0.6) is 0 Å². The number of ether oxygens (including phenoxy) is 4. The third-order valence-electron chi connectivity index (χ3n) is 5.35. The molecule has 13 nitrogen and oxygen atoms in total. The standard InChI is InChI=1S/C18H32O13/c1-2-3-4-7(16(26)27)28-17-14(25)12(23)15(9(6-20)30-17)31-18-13(24)11(22)10(21)8(5-19)29-18/h7-15,17-25H,2-6H2,1H3,(H,26,27)/t7?,8-,9-,10+,11+,12-,13-,14-,15-,17?,18+/m1/s1. The second kappa shape index (κ2) is 11.8. The molecule has 0 amide bonds. The van der Waals surface area contributed by atoms with Crippen molar-refractivity contribution in [3.63, 3.8) is 0 Å². The highest BCUT2D eigenvalue weighted by molar-refractivity contribution is 5.72. The Kier molecular flexibility index (Phi) is 9.98. The molecule has 0 aromatic rings. The van der Waals surface area contributed by atoms with E-state index in [0.29, 0.717) is 12.8 Å². The molecular formula is C18H32O13. The van der Waals surface area contributed by atoms with E-state index in [1.165, 1.54) is 0 Å². The average molecular weight is 456 g/mol. The van der Waals surface area contributed by atoms with Gasteiger partial charge in [-0.05, 0) is 6.42 Å². The molecule has 2 unspecified atom stereocenters. The average Bonchev–Trinajstić information content (AvgIpc) is 2.75. The summed E-state index contributed by atoms with van der Waals surface area (Å²) in [5, 5.41) is 78.9. The Labute approximate surface area is 178 Å². The quantitative estimate of drug-likeness (QED) is 0.159. The van der Waals surface area contributed by atoms with Gasteiger partial charge in [0.25, 0.3) is 0 Å². The minimum Gasteiger partial charge on any atom is -0.479 e. The predicted octanol–water partition coefficient (Wildman–Crippen LogP) is -3.73. The molecule has 2 aliphatic rings. The Morgan fingerprint density at radius 1 is 0.871 bits per heavy atom. The molecule has 0 saturated carbocycles. The van der Waals surface area contributed by atoms with E-state index in [2.05, 4.69) is 0 Å². The summed E-state index contributed by atoms with van der Waals surface area (Å²) >= 11 is 0. The van der Waals surface area contributed by atoms with Crippen LogP contribution in [0.1, 0.15) is 26.2 Å². The fourth-order valence-corrected chi connectivity index (χ4v) is 3.47. The molecule has 31 heavy (non-hydrogen) atoms. The number of aliphatic hydroxyl groups excluding tert-OH is 7. The van der Waals surface area contributed by atoms with Gasteiger partial charge in [0.2, 0.25) is 0 Å². The Morgan fingerprint density at radius 3 is 2.00 bits per heavy atom. The van der Waals surface area contributed by atoms with Crippen LogP contribution < -0.4 is 0 Å². The van der Waals surface area contributed by atoms with Crippen molar-refractivity contribution in [1.29, 1.82) is 0 Å². The summed E-state index contributed by atoms with van der Waals surface area (Å²) in [6, 6.07) is 0. The number of aliphatic hydroxyl groups is 7. The van der Waals surface area contributed by atoms with Crippen molar-refractivity contribution in [3.05, 3.63) is 0 Å². The summed E-state index contributed by atoms with van der Waals surface area (Å²) in [4.78, 5) is 11.4. The minimum atomic E-state index is -1.78. The highest BCUT2D eigenvalue weighted by Crippen LogP contribution is 2.30. The molecule has 0 spiro atoms. The van der Waals surface area contributed by atoms with Crippen molar-refractivity contribution >= 4 is 5.97 Å². The number of hydrogen-bond donors (Lipinski definition) is 8. The van der Waals surface area contributed by atoms with Gasteiger partial charge in [-0.2, -0.15) is 0 Å². The summed E-state index contributed by atoms with van der Waals surface area (Å²) in [6.07, 6.45) is -15.9. The first kappa shape index (κ1) is 26.3. The van der Waals surface area contributed by atoms with E-state index < -0.39 is 86.7 Å². The van der Waals surface area contributed by atoms with Crippen molar-refractivity contribution in [2.24, 2.45) is 0 Å². The van der Waals surface area contributed by atoms with E-state index >= 15 is 0 Å². The largest absolute Gasteiger partial charge is 0.479 e. The number of aliphatic carboxylic acids is 1. The topological polar surface area (TPSA) is 216 Å². The van der Waals surface area contributed by atoms with Crippen LogP contribution in [0.4, 0.5) is 0 Å². The third kappa shape index (κ3) is 6.09. The van der Waals surface area contributed by atoms with Crippen molar-refractivity contribution < 1.29 is 64.6 Å². The lowest BCUT2D eigenvalue weighted by Gasteiger charge is -2.46. The van der Waals surface area contributed by atoms with E-state index in [4.69, 9.17) is 18.9 Å². The molecule has 2 aliphatic heterocycles. The number of carboxylic acid groups (broad SMARTS) is 1. The fourth-order valence-electron chi connectivity index (χ4n) is 3.47. The zero-order valence-corrected chi connectivity index (χ0v) is 17.0. The molecule has 0 aromatic carbocycles. The smallest absolute Gasteiger partial charge is 0.332 e. The summed E-state index contributed by atoms with van der Waals surface area (Å²) in [5.74, 6) is -1.28. The monoisotopic (exact) mass is 456 g/mol. The lowest BCUT2D eigenvalue weighted by molar-refractivity contribution is -0.362. The van der Waals surface area contributed by atoms with Crippen LogP contribution in [0.25, 0.3) is 0 Å². The number of hydrogen-bond acceptors (Lipinski definition) is 12. The van der Waals surface area contributed by atoms with Crippen LogP contribution in [0, 0.1) is 0 Å². The fraction of sp³-hybridized carbons (Fsp3) is 0.944. The van der Waals surface area contributed by atoms with E-state index in [1.54, 1.807) is 0 Å². The molecule has 2 fully saturated rings. The van der Waals surface area contributed by atoms with Gasteiger partial charge in [0.15, 0.2) is 18.7 Å². The normalized spacial score (nSPS) is 42.3. The summed E-state index contributed by atoms with van der Waals surface area (Å²) in [5.41, 5.74) is 0. The maximum Gasteiger partial charge on any atom is 0.332 e. The first-order valence-corrected chi connectivity index (χ1v) is 10.1. The molecule has 11 atom stereocenters. The zero-order chi connectivity index (χ0) is 23.3. The lowest BCUT2D eigenvalue weighted by Crippen LogP contribution is -2.65. The maximum atomic E-state index is 11.4. The van der Waals surface area contributed by atoms with Gasteiger partial charge >= 0.3 is 5.97 Å². The molecule has 13 heteroatoms. The van der Waals surface area contributed by atoms with Crippen molar-refractivity contribution in [2.75, 3.05) is 13.2 Å². The van der Waals surface area contributed by atoms with Crippen LogP contribution in [-0.2, 0) is 23.7 Å². The van der Waals surface area contributed by atoms with Gasteiger partial charge in [0.1, 0.15) is 48.8 Å². The lowest BCUT2D eigenvalue weighted by atomic mass is 9.97. The Morgan fingerprint density at radius 2 is 1.45 bits per heavy atom. The summed E-state index contributed by atoms with van der Waals surface area (Å²) in [7, 11) is 0. The summed E-state index contributed by atoms with van der Waals surface area (Å²) in [6.45, 7) is 0.417. The van der Waals surface area contributed by atoms with E-state index in [9.17, 15) is 45.6 Å². The van der Waals surface area contributed by atoms with Crippen molar-refractivity contribution in [3.8, 4) is 0 Å². The van der Waals surface area contributed by atoms with Crippen LogP contribution >= 0.6 is 0 Å². The number of rotatable bonds is 10. The van der Waals surface area contributed by atoms with E-state index in [0.717, 1.165) is 0 Å². The molecule has 0 aromatic heterocycles. The van der Waals surface area contributed by atoms with Gasteiger partial charge in [0.05, 0.1) is 13.2 Å². The van der Waals surface area contributed by atoms with Crippen LogP contribution in [0.2, 0.25) is 0 Å². The summed E-state index contributed by atoms with van der Waals surface area (Å²) < 4.78 is 21.3. The molecule has 2 rings (SSSR count). The molecule has 182 valence electrons. The Hall–Kier alpha value is -0.970. The predicted molar refractivity (Wildman–Crippen MR) is 98.4 cm³/mol. The minimum absolute atomic E-state index is 0.142. The van der Waals surface area contributed by atoms with Gasteiger partial charge in [0, 0.05) is 0 Å². The van der Waals surface area contributed by atoms with Gasteiger partial charge in [-0.15, -0.1) is 0 Å². The van der Waals surface area contributed by atoms with Crippen LogP contribution in [-0.4, -0.2) is 128 Å². The van der Waals surface area contributed by atoms with Crippen molar-refractivity contribution in [2.45, 2.75) is 93.7 Å². The first-order valence-electron chi connectivity index (χ1n) is 10.1. The van der Waals surface area contributed by atoms with E-state index in [-0.39, 0.29) is 6.42 Å². The highest BCUT2D eigenvalue weighted by Gasteiger charge is 2.51. The van der Waals surface area contributed by atoms with Gasteiger partial charge < -0.3 is 59.8 Å². The van der Waals surface area contributed by atoms with Gasteiger partial charge in [-0.25, -0.2) is 4.79 Å².